The molecule has 0 unspecified atom stereocenters. The molecule has 10 nitrogen and oxygen atoms in total. The topological polar surface area (TPSA) is 204 Å². The molecule has 3 rings (SSSR count). The van der Waals surface area contributed by atoms with Gasteiger partial charge in [0.15, 0.2) is 0 Å². The van der Waals surface area contributed by atoms with Crippen LogP contribution in [0.25, 0.3) is 11.1 Å². The molecule has 1 aliphatic rings. The van der Waals surface area contributed by atoms with E-state index in [4.69, 9.17) is 29.0 Å². The van der Waals surface area contributed by atoms with Crippen molar-refractivity contribution in [1.29, 1.82) is 0 Å². The highest BCUT2D eigenvalue weighted by Crippen LogP contribution is 2.31. The molecule has 1 aromatic heterocycles. The molecule has 0 saturated carbocycles. The fraction of sp³-hybridized carbons (Fsp3) is 0.167. The van der Waals surface area contributed by atoms with E-state index < -0.39 is 10.4 Å². The van der Waals surface area contributed by atoms with Crippen molar-refractivity contribution in [1.82, 2.24) is 9.97 Å². The number of hydrogen-bond acceptors (Lipinski definition) is 6. The summed E-state index contributed by atoms with van der Waals surface area (Å²) < 4.78 is 31.6. The number of H-pyrrole nitrogens is 1. The monoisotopic (exact) mass is 344 g/mol. The van der Waals surface area contributed by atoms with Crippen LogP contribution in [0.4, 0.5) is 11.6 Å². The fourth-order valence-corrected chi connectivity index (χ4v) is 2.32. The van der Waals surface area contributed by atoms with Gasteiger partial charge in [-0.3, -0.25) is 18.9 Å². The first-order chi connectivity index (χ1) is 10.1. The van der Waals surface area contributed by atoms with Crippen LogP contribution in [-0.2, 0) is 23.2 Å². The summed E-state index contributed by atoms with van der Waals surface area (Å²) in [5.41, 5.74) is 15.2. The molecule has 0 aliphatic heterocycles. The summed E-state index contributed by atoms with van der Waals surface area (Å²) in [5, 5.41) is 0. The van der Waals surface area contributed by atoms with Crippen LogP contribution in [-0.4, -0.2) is 33.0 Å². The van der Waals surface area contributed by atoms with Crippen molar-refractivity contribution in [3.63, 3.8) is 0 Å². The van der Waals surface area contributed by atoms with Gasteiger partial charge in [-0.05, 0) is 36.1 Å². The Morgan fingerprint density at radius 1 is 1.17 bits per heavy atom. The van der Waals surface area contributed by atoms with Crippen LogP contribution in [0.1, 0.15) is 11.3 Å². The summed E-state index contributed by atoms with van der Waals surface area (Å²) in [4.78, 5) is 18.6. The van der Waals surface area contributed by atoms with Gasteiger partial charge in [-0.1, -0.05) is 6.07 Å². The molecular weight excluding hydrogens is 328 g/mol. The molecule has 0 spiro atoms. The first-order valence-electron chi connectivity index (χ1n) is 6.12. The SMILES string of the molecule is Nc1ccc2c(c1)CCc1nc(N)[nH]c(=O)c1-2.O.O=S(=O)(O)O. The molecule has 1 aromatic carbocycles. The van der Waals surface area contributed by atoms with E-state index >= 15 is 0 Å². The van der Waals surface area contributed by atoms with Crippen molar-refractivity contribution < 1.29 is 23.0 Å². The smallest absolute Gasteiger partial charge is 0.394 e. The van der Waals surface area contributed by atoms with E-state index in [2.05, 4.69) is 9.97 Å². The van der Waals surface area contributed by atoms with Gasteiger partial charge in [0.05, 0.1) is 11.3 Å². The molecule has 23 heavy (non-hydrogen) atoms. The Kier molecular flexibility index (Phi) is 5.45. The normalized spacial score (nSPS) is 12.1. The lowest BCUT2D eigenvalue weighted by Gasteiger charge is -2.18. The third-order valence-corrected chi connectivity index (χ3v) is 3.04. The Hall–Kier alpha value is -2.47. The van der Waals surface area contributed by atoms with E-state index in [1.807, 2.05) is 12.1 Å². The third-order valence-electron chi connectivity index (χ3n) is 3.04. The molecular formula is C12H16N4O6S. The number of benzene rings is 1. The Labute approximate surface area is 131 Å². The van der Waals surface area contributed by atoms with Gasteiger partial charge in [-0.15, -0.1) is 0 Å². The van der Waals surface area contributed by atoms with E-state index in [0.717, 1.165) is 29.7 Å². The van der Waals surface area contributed by atoms with E-state index in [1.54, 1.807) is 6.07 Å². The molecule has 11 heteroatoms. The van der Waals surface area contributed by atoms with E-state index in [1.165, 1.54) is 0 Å². The van der Waals surface area contributed by atoms with Crippen LogP contribution >= 0.6 is 0 Å². The van der Waals surface area contributed by atoms with Gasteiger partial charge < -0.3 is 16.9 Å². The predicted octanol–water partition coefficient (Wildman–Crippen LogP) is -0.778. The highest BCUT2D eigenvalue weighted by molar-refractivity contribution is 7.79. The van der Waals surface area contributed by atoms with Crippen LogP contribution in [0.15, 0.2) is 23.0 Å². The second-order valence-corrected chi connectivity index (χ2v) is 5.53. The van der Waals surface area contributed by atoms with Gasteiger partial charge in [-0.2, -0.15) is 8.42 Å². The number of nitrogens with zero attached hydrogens (tertiary/aromatic N) is 1. The summed E-state index contributed by atoms with van der Waals surface area (Å²) in [6.45, 7) is 0. The van der Waals surface area contributed by atoms with Crippen LogP contribution < -0.4 is 17.0 Å². The molecule has 0 saturated heterocycles. The summed E-state index contributed by atoms with van der Waals surface area (Å²) in [5.74, 6) is 0.174. The van der Waals surface area contributed by atoms with Gasteiger partial charge in [0.25, 0.3) is 5.56 Å². The number of anilines is 2. The summed E-state index contributed by atoms with van der Waals surface area (Å²) in [6, 6.07) is 5.58. The highest BCUT2D eigenvalue weighted by atomic mass is 32.3. The van der Waals surface area contributed by atoms with E-state index in [0.29, 0.717) is 11.3 Å². The number of nitrogen functional groups attached to an aromatic ring is 2. The largest absolute Gasteiger partial charge is 0.412 e. The standard InChI is InChI=1S/C12H12N4O.H2O4S.H2O/c13-7-2-3-8-6(5-7)1-4-9-10(8)11(17)16-12(14)15-9;1-5(2,3)4;/h2-3,5H,1,4,13H2,(H3,14,15,16,17);(H2,1,2,3,4);1H2. The van der Waals surface area contributed by atoms with E-state index in [-0.39, 0.29) is 17.0 Å². The Morgan fingerprint density at radius 3 is 2.39 bits per heavy atom. The minimum atomic E-state index is -4.67. The molecule has 2 aromatic rings. The molecule has 9 N–H and O–H groups in total. The molecule has 1 heterocycles. The molecule has 0 atom stereocenters. The zero-order chi connectivity index (χ0) is 16.5. The van der Waals surface area contributed by atoms with Crippen molar-refractivity contribution in [2.45, 2.75) is 12.8 Å². The van der Waals surface area contributed by atoms with Gasteiger partial charge in [0.1, 0.15) is 0 Å². The van der Waals surface area contributed by atoms with Crippen molar-refractivity contribution >= 4 is 22.0 Å². The minimum absolute atomic E-state index is 0. The number of aryl methyl sites for hydroxylation is 2. The van der Waals surface area contributed by atoms with Crippen LogP contribution in [0.5, 0.6) is 0 Å². The number of nitrogens with two attached hydrogens (primary N) is 2. The average molecular weight is 344 g/mol. The van der Waals surface area contributed by atoms with Gasteiger partial charge >= 0.3 is 10.4 Å². The lowest BCUT2D eigenvalue weighted by Crippen LogP contribution is -2.20. The van der Waals surface area contributed by atoms with Crippen LogP contribution in [0.2, 0.25) is 0 Å². The maximum Gasteiger partial charge on any atom is 0.394 e. The number of rotatable bonds is 0. The Morgan fingerprint density at radius 2 is 1.78 bits per heavy atom. The molecule has 1 aliphatic carbocycles. The highest BCUT2D eigenvalue weighted by Gasteiger charge is 2.20. The Bertz CT molecular complexity index is 870. The summed E-state index contributed by atoms with van der Waals surface area (Å²) in [6.07, 6.45) is 1.56. The van der Waals surface area contributed by atoms with Gasteiger partial charge in [-0.25, -0.2) is 4.98 Å². The maximum absolute atomic E-state index is 11.9. The second kappa shape index (κ2) is 6.75. The molecule has 0 radical (unpaired) electrons. The van der Waals surface area contributed by atoms with E-state index in [9.17, 15) is 4.79 Å². The number of aromatic amines is 1. The van der Waals surface area contributed by atoms with Crippen LogP contribution in [0.3, 0.4) is 0 Å². The van der Waals surface area contributed by atoms with Gasteiger partial charge in [0, 0.05) is 5.69 Å². The third kappa shape index (κ3) is 4.75. The Balaban J connectivity index is 0.000000390. The molecule has 126 valence electrons. The minimum Gasteiger partial charge on any atom is -0.412 e. The lowest BCUT2D eigenvalue weighted by molar-refractivity contribution is 0.381. The van der Waals surface area contributed by atoms with Crippen molar-refractivity contribution in [2.24, 2.45) is 0 Å². The van der Waals surface area contributed by atoms with Crippen molar-refractivity contribution in [3.8, 4) is 11.1 Å². The van der Waals surface area contributed by atoms with Crippen molar-refractivity contribution in [3.05, 3.63) is 39.8 Å². The first-order valence-corrected chi connectivity index (χ1v) is 7.52. The predicted molar refractivity (Wildman–Crippen MR) is 84.3 cm³/mol. The molecule has 0 fully saturated rings. The number of fused-ring (bicyclic) bond motifs is 3. The van der Waals surface area contributed by atoms with Gasteiger partial charge in [0.2, 0.25) is 5.95 Å². The summed E-state index contributed by atoms with van der Waals surface area (Å²) >= 11 is 0. The zero-order valence-corrected chi connectivity index (χ0v) is 12.6. The number of nitrogens with one attached hydrogen (secondary N) is 1. The first kappa shape index (κ1) is 18.6. The summed E-state index contributed by atoms with van der Waals surface area (Å²) in [7, 11) is -4.67. The maximum atomic E-state index is 11.9. The van der Waals surface area contributed by atoms with Crippen molar-refractivity contribution in [2.75, 3.05) is 11.5 Å². The molecule has 0 amide bonds. The number of hydrogen-bond donors (Lipinski definition) is 5. The lowest BCUT2D eigenvalue weighted by atomic mass is 9.89. The second-order valence-electron chi connectivity index (χ2n) is 4.64. The average Bonchev–Trinajstić information content (AvgIpc) is 2.35. The molecule has 0 bridgehead atoms. The number of aromatic nitrogens is 2. The quantitative estimate of drug-likeness (QED) is 0.302. The zero-order valence-electron chi connectivity index (χ0n) is 11.8. The van der Waals surface area contributed by atoms with Crippen LogP contribution in [0, 0.1) is 0 Å². The fourth-order valence-electron chi connectivity index (χ4n) is 2.32.